The number of carboxylic acid groups (broad SMARTS) is 1. The minimum absolute atomic E-state index is 0.0104. The van der Waals surface area contributed by atoms with Crippen molar-refractivity contribution in [3.8, 4) is 17.2 Å². The van der Waals surface area contributed by atoms with Crippen LogP contribution in [0, 0.1) is 11.3 Å². The number of nitrogens with zero attached hydrogens (tertiary/aromatic N) is 1. The molecule has 2 aromatic carbocycles. The SMILES string of the molecule is N#CCCCC(NC(=O)OCC1c2ccccc2-c2ccccc21)C(=O)NCC(F)(F)C(=O)O. The molecule has 3 rings (SSSR count). The molecule has 2 amide bonds. The lowest BCUT2D eigenvalue weighted by molar-refractivity contribution is -0.164. The third-order valence-corrected chi connectivity index (χ3v) is 5.53. The first-order valence-electron chi connectivity index (χ1n) is 10.6. The standard InChI is InChI=1S/C24H23F2N3O5/c25-24(26,22(31)32)14-28-21(30)20(11-5-6-12-27)29-23(33)34-13-19-17-9-3-1-7-15(17)16-8-2-4-10-18(16)19/h1-4,7-10,19-20H,5-6,11,13-14H2,(H,28,30)(H,29,33)(H,31,32). The average molecular weight is 471 g/mol. The van der Waals surface area contributed by atoms with Crippen molar-refractivity contribution in [2.75, 3.05) is 13.2 Å². The largest absolute Gasteiger partial charge is 0.477 e. The smallest absolute Gasteiger partial charge is 0.407 e. The van der Waals surface area contributed by atoms with Crippen molar-refractivity contribution in [2.24, 2.45) is 0 Å². The van der Waals surface area contributed by atoms with Crippen LogP contribution in [0.4, 0.5) is 13.6 Å². The molecule has 34 heavy (non-hydrogen) atoms. The first-order chi connectivity index (χ1) is 16.2. The second-order valence-electron chi connectivity index (χ2n) is 7.80. The molecule has 2 aromatic rings. The molecule has 0 bridgehead atoms. The number of ether oxygens (including phenoxy) is 1. The zero-order valence-electron chi connectivity index (χ0n) is 18.1. The van der Waals surface area contributed by atoms with E-state index in [0.717, 1.165) is 22.3 Å². The van der Waals surface area contributed by atoms with E-state index in [1.807, 2.05) is 59.9 Å². The molecule has 0 radical (unpaired) electrons. The molecule has 0 saturated carbocycles. The van der Waals surface area contributed by atoms with E-state index >= 15 is 0 Å². The second-order valence-corrected chi connectivity index (χ2v) is 7.80. The molecular formula is C24H23F2N3O5. The number of rotatable bonds is 10. The fraction of sp³-hybridized carbons (Fsp3) is 0.333. The van der Waals surface area contributed by atoms with E-state index in [1.54, 1.807) is 0 Å². The van der Waals surface area contributed by atoms with E-state index in [-0.39, 0.29) is 31.8 Å². The number of nitriles is 1. The first-order valence-corrected chi connectivity index (χ1v) is 10.6. The zero-order chi connectivity index (χ0) is 24.7. The minimum Gasteiger partial charge on any atom is -0.477 e. The number of carbonyl (C=O) groups excluding carboxylic acids is 2. The van der Waals surface area contributed by atoms with Crippen LogP contribution in [0.2, 0.25) is 0 Å². The number of benzene rings is 2. The number of alkyl halides is 2. The van der Waals surface area contributed by atoms with Gasteiger partial charge in [-0.3, -0.25) is 4.79 Å². The Morgan fingerprint density at radius 3 is 2.24 bits per heavy atom. The van der Waals surface area contributed by atoms with E-state index in [4.69, 9.17) is 15.1 Å². The van der Waals surface area contributed by atoms with Crippen LogP contribution in [0.3, 0.4) is 0 Å². The Labute approximate surface area is 194 Å². The van der Waals surface area contributed by atoms with Crippen molar-refractivity contribution >= 4 is 18.0 Å². The van der Waals surface area contributed by atoms with Gasteiger partial charge in [-0.2, -0.15) is 14.0 Å². The Kier molecular flexibility index (Phi) is 7.79. The van der Waals surface area contributed by atoms with Gasteiger partial charge in [0.25, 0.3) is 0 Å². The van der Waals surface area contributed by atoms with E-state index in [1.165, 1.54) is 0 Å². The predicted molar refractivity (Wildman–Crippen MR) is 117 cm³/mol. The highest BCUT2D eigenvalue weighted by molar-refractivity contribution is 5.86. The van der Waals surface area contributed by atoms with Gasteiger partial charge in [0.2, 0.25) is 5.91 Å². The van der Waals surface area contributed by atoms with Gasteiger partial charge in [0, 0.05) is 12.3 Å². The van der Waals surface area contributed by atoms with Gasteiger partial charge in [-0.1, -0.05) is 48.5 Å². The quantitative estimate of drug-likeness (QED) is 0.456. The highest BCUT2D eigenvalue weighted by atomic mass is 19.3. The molecule has 0 fully saturated rings. The molecule has 178 valence electrons. The van der Waals surface area contributed by atoms with Crippen LogP contribution in [0.15, 0.2) is 48.5 Å². The second kappa shape index (κ2) is 10.7. The third-order valence-electron chi connectivity index (χ3n) is 5.53. The summed E-state index contributed by atoms with van der Waals surface area (Å²) in [5.41, 5.74) is 4.08. The third kappa shape index (κ3) is 5.67. The van der Waals surface area contributed by atoms with Crippen LogP contribution in [0.25, 0.3) is 11.1 Å². The molecule has 0 spiro atoms. The maximum absolute atomic E-state index is 13.3. The van der Waals surface area contributed by atoms with Gasteiger partial charge in [-0.15, -0.1) is 0 Å². The van der Waals surface area contributed by atoms with Crippen LogP contribution >= 0.6 is 0 Å². The van der Waals surface area contributed by atoms with Crippen LogP contribution in [0.5, 0.6) is 0 Å². The summed E-state index contributed by atoms with van der Waals surface area (Å²) >= 11 is 0. The summed E-state index contributed by atoms with van der Waals surface area (Å²) in [6.45, 7) is -1.44. The van der Waals surface area contributed by atoms with E-state index in [2.05, 4.69) is 5.32 Å². The lowest BCUT2D eigenvalue weighted by atomic mass is 9.98. The molecule has 8 nitrogen and oxygen atoms in total. The summed E-state index contributed by atoms with van der Waals surface area (Å²) in [4.78, 5) is 35.4. The van der Waals surface area contributed by atoms with Crippen molar-refractivity contribution in [1.29, 1.82) is 5.26 Å². The molecule has 3 N–H and O–H groups in total. The number of fused-ring (bicyclic) bond motifs is 3. The highest BCUT2D eigenvalue weighted by Gasteiger charge is 2.39. The van der Waals surface area contributed by atoms with Gasteiger partial charge in [-0.05, 0) is 35.1 Å². The Bertz CT molecular complexity index is 1070. The lowest BCUT2D eigenvalue weighted by Crippen LogP contribution is -2.51. The molecular weight excluding hydrogens is 448 g/mol. The maximum atomic E-state index is 13.3. The van der Waals surface area contributed by atoms with Gasteiger partial charge >= 0.3 is 18.0 Å². The van der Waals surface area contributed by atoms with Gasteiger partial charge in [0.1, 0.15) is 12.6 Å². The number of unbranched alkanes of at least 4 members (excludes halogenated alkanes) is 1. The molecule has 1 unspecified atom stereocenters. The lowest BCUT2D eigenvalue weighted by Gasteiger charge is -2.20. The fourth-order valence-corrected chi connectivity index (χ4v) is 3.83. The maximum Gasteiger partial charge on any atom is 0.407 e. The molecule has 1 aliphatic rings. The molecule has 0 aliphatic heterocycles. The van der Waals surface area contributed by atoms with Crippen molar-refractivity contribution in [1.82, 2.24) is 10.6 Å². The number of alkyl carbamates (subject to hydrolysis) is 1. The summed E-state index contributed by atoms with van der Waals surface area (Å²) in [5, 5.41) is 21.4. The number of hydrogen-bond donors (Lipinski definition) is 3. The summed E-state index contributed by atoms with van der Waals surface area (Å²) in [5.74, 6) is -7.74. The van der Waals surface area contributed by atoms with E-state index in [9.17, 15) is 23.2 Å². The molecule has 0 saturated heterocycles. The van der Waals surface area contributed by atoms with E-state index in [0.29, 0.717) is 0 Å². The predicted octanol–water partition coefficient (Wildman–Crippen LogP) is 3.42. The monoisotopic (exact) mass is 471 g/mol. The highest BCUT2D eigenvalue weighted by Crippen LogP contribution is 2.44. The summed E-state index contributed by atoms with van der Waals surface area (Å²) in [6.07, 6.45) is -0.638. The molecule has 1 atom stereocenters. The summed E-state index contributed by atoms with van der Waals surface area (Å²) < 4.78 is 32.0. The van der Waals surface area contributed by atoms with Crippen molar-refractivity contribution in [2.45, 2.75) is 37.1 Å². The average Bonchev–Trinajstić information content (AvgIpc) is 3.14. The molecule has 10 heteroatoms. The molecule has 1 aliphatic carbocycles. The summed E-state index contributed by atoms with van der Waals surface area (Å²) in [7, 11) is 0. The van der Waals surface area contributed by atoms with Crippen LogP contribution < -0.4 is 10.6 Å². The van der Waals surface area contributed by atoms with Gasteiger partial charge in [0.05, 0.1) is 12.6 Å². The number of carboxylic acids is 1. The number of halogens is 2. The Balaban J connectivity index is 1.64. The number of nitrogens with one attached hydrogen (secondary N) is 2. The van der Waals surface area contributed by atoms with Crippen molar-refractivity contribution in [3.05, 3.63) is 59.7 Å². The van der Waals surface area contributed by atoms with E-state index < -0.39 is 36.5 Å². The van der Waals surface area contributed by atoms with Gasteiger partial charge in [-0.25, -0.2) is 9.59 Å². The number of aliphatic carboxylic acids is 1. The van der Waals surface area contributed by atoms with Crippen LogP contribution in [-0.2, 0) is 14.3 Å². The fourth-order valence-electron chi connectivity index (χ4n) is 3.83. The number of hydrogen-bond acceptors (Lipinski definition) is 5. The number of carbonyl (C=O) groups is 3. The van der Waals surface area contributed by atoms with Crippen LogP contribution in [0.1, 0.15) is 36.3 Å². The normalized spacial score (nSPS) is 13.2. The Morgan fingerprint density at radius 2 is 1.68 bits per heavy atom. The van der Waals surface area contributed by atoms with Crippen LogP contribution in [-0.4, -0.2) is 48.2 Å². The topological polar surface area (TPSA) is 129 Å². The van der Waals surface area contributed by atoms with Gasteiger partial charge < -0.3 is 20.5 Å². The Hall–Kier alpha value is -4.00. The molecule has 0 heterocycles. The van der Waals surface area contributed by atoms with Crippen molar-refractivity contribution in [3.63, 3.8) is 0 Å². The first kappa shape index (κ1) is 24.6. The molecule has 0 aromatic heterocycles. The number of amides is 2. The van der Waals surface area contributed by atoms with Crippen molar-refractivity contribution < 1.29 is 33.0 Å². The minimum atomic E-state index is -4.16. The zero-order valence-corrected chi connectivity index (χ0v) is 18.1. The van der Waals surface area contributed by atoms with Gasteiger partial charge in [0.15, 0.2) is 0 Å². The Morgan fingerprint density at radius 1 is 1.09 bits per heavy atom. The summed E-state index contributed by atoms with van der Waals surface area (Å²) in [6, 6.07) is 16.1.